The molecule has 1 atom stereocenters. The molecule has 2 nitrogen and oxygen atoms in total. The molecular formula is C16H24Cl2N2. The molecule has 112 valence electrons. The maximum absolute atomic E-state index is 6.26. The molecule has 0 amide bonds. The fourth-order valence-corrected chi connectivity index (χ4v) is 3.28. The van der Waals surface area contributed by atoms with Gasteiger partial charge in [-0.2, -0.15) is 0 Å². The fraction of sp³-hybridized carbons (Fsp3) is 0.625. The van der Waals surface area contributed by atoms with Crippen LogP contribution in [0.3, 0.4) is 0 Å². The van der Waals surface area contributed by atoms with Crippen molar-refractivity contribution in [2.45, 2.75) is 19.8 Å². The second-order valence-corrected chi connectivity index (χ2v) is 6.44. The minimum absolute atomic E-state index is 0.731. The van der Waals surface area contributed by atoms with Gasteiger partial charge in [-0.25, -0.2) is 0 Å². The van der Waals surface area contributed by atoms with E-state index in [1.165, 1.54) is 18.7 Å². The highest BCUT2D eigenvalue weighted by atomic mass is 35.5. The van der Waals surface area contributed by atoms with Gasteiger partial charge in [0.05, 0.1) is 10.7 Å². The van der Waals surface area contributed by atoms with E-state index in [9.17, 15) is 0 Å². The van der Waals surface area contributed by atoms with Crippen molar-refractivity contribution in [1.29, 1.82) is 0 Å². The fourth-order valence-electron chi connectivity index (χ4n) is 2.65. The zero-order valence-electron chi connectivity index (χ0n) is 12.2. The Balaban J connectivity index is 1.77. The molecule has 1 heterocycles. The lowest BCUT2D eigenvalue weighted by molar-refractivity contribution is 0.240. The zero-order chi connectivity index (χ0) is 14.4. The minimum Gasteiger partial charge on any atom is -0.368 e. The van der Waals surface area contributed by atoms with Gasteiger partial charge in [0, 0.05) is 32.1 Å². The molecule has 1 aliphatic heterocycles. The van der Waals surface area contributed by atoms with E-state index in [0.29, 0.717) is 0 Å². The van der Waals surface area contributed by atoms with Crippen LogP contribution in [0.2, 0.25) is 5.02 Å². The number of anilines is 1. The Kier molecular flexibility index (Phi) is 6.47. The van der Waals surface area contributed by atoms with Crippen LogP contribution in [0.1, 0.15) is 19.8 Å². The molecule has 0 N–H and O–H groups in total. The lowest BCUT2D eigenvalue weighted by Crippen LogP contribution is -2.46. The number of hydrogen-bond acceptors (Lipinski definition) is 2. The number of para-hydroxylation sites is 1. The van der Waals surface area contributed by atoms with Crippen LogP contribution in [0.5, 0.6) is 0 Å². The topological polar surface area (TPSA) is 6.48 Å². The number of piperazine rings is 1. The number of nitrogens with zero attached hydrogens (tertiary/aromatic N) is 2. The van der Waals surface area contributed by atoms with Gasteiger partial charge in [-0.15, -0.1) is 11.6 Å². The van der Waals surface area contributed by atoms with Crippen LogP contribution in [-0.2, 0) is 0 Å². The van der Waals surface area contributed by atoms with Crippen LogP contribution < -0.4 is 4.90 Å². The molecule has 0 radical (unpaired) electrons. The molecule has 0 saturated carbocycles. The van der Waals surface area contributed by atoms with Gasteiger partial charge in [0.1, 0.15) is 0 Å². The quantitative estimate of drug-likeness (QED) is 0.729. The number of alkyl halides is 1. The second kappa shape index (κ2) is 8.11. The minimum atomic E-state index is 0.731. The SMILES string of the molecule is CC(CCCl)CCN1CCN(c2ccccc2Cl)CC1. The van der Waals surface area contributed by atoms with Crippen molar-refractivity contribution >= 4 is 28.9 Å². The molecule has 1 aromatic carbocycles. The van der Waals surface area contributed by atoms with E-state index in [0.717, 1.165) is 49.4 Å². The third kappa shape index (κ3) is 4.54. The predicted molar refractivity (Wildman–Crippen MR) is 89.2 cm³/mol. The summed E-state index contributed by atoms with van der Waals surface area (Å²) in [4.78, 5) is 4.94. The third-order valence-electron chi connectivity index (χ3n) is 4.11. The normalized spacial score (nSPS) is 18.2. The maximum atomic E-state index is 6.26. The first-order valence-corrected chi connectivity index (χ1v) is 8.39. The van der Waals surface area contributed by atoms with Crippen LogP contribution in [-0.4, -0.2) is 43.5 Å². The molecular weight excluding hydrogens is 291 g/mol. The smallest absolute Gasteiger partial charge is 0.0639 e. The monoisotopic (exact) mass is 314 g/mol. The number of hydrogen-bond donors (Lipinski definition) is 0. The second-order valence-electron chi connectivity index (χ2n) is 5.65. The molecule has 1 saturated heterocycles. The van der Waals surface area contributed by atoms with Gasteiger partial charge in [-0.05, 0) is 37.4 Å². The molecule has 2 rings (SSSR count). The van der Waals surface area contributed by atoms with Crippen molar-refractivity contribution in [2.75, 3.05) is 43.5 Å². The Morgan fingerprint density at radius 2 is 1.80 bits per heavy atom. The molecule has 1 aromatic rings. The maximum Gasteiger partial charge on any atom is 0.0639 e. The first-order valence-electron chi connectivity index (χ1n) is 7.48. The Labute approximate surface area is 132 Å². The van der Waals surface area contributed by atoms with Crippen LogP contribution in [0.25, 0.3) is 0 Å². The van der Waals surface area contributed by atoms with Gasteiger partial charge in [-0.1, -0.05) is 30.7 Å². The van der Waals surface area contributed by atoms with Gasteiger partial charge < -0.3 is 4.90 Å². The van der Waals surface area contributed by atoms with Crippen molar-refractivity contribution in [1.82, 2.24) is 4.90 Å². The van der Waals surface area contributed by atoms with Gasteiger partial charge in [0.2, 0.25) is 0 Å². The highest BCUT2D eigenvalue weighted by Gasteiger charge is 2.18. The summed E-state index contributed by atoms with van der Waals surface area (Å²) < 4.78 is 0. The summed E-state index contributed by atoms with van der Waals surface area (Å²) in [5.41, 5.74) is 1.17. The van der Waals surface area contributed by atoms with E-state index >= 15 is 0 Å². The number of benzene rings is 1. The van der Waals surface area contributed by atoms with Crippen LogP contribution in [0.4, 0.5) is 5.69 Å². The molecule has 1 unspecified atom stereocenters. The lowest BCUT2D eigenvalue weighted by atomic mass is 10.0. The summed E-state index contributed by atoms with van der Waals surface area (Å²) in [7, 11) is 0. The van der Waals surface area contributed by atoms with Crippen molar-refractivity contribution in [3.8, 4) is 0 Å². The summed E-state index contributed by atoms with van der Waals surface area (Å²) in [6, 6.07) is 8.12. The van der Waals surface area contributed by atoms with Crippen molar-refractivity contribution in [3.05, 3.63) is 29.3 Å². The van der Waals surface area contributed by atoms with Crippen LogP contribution in [0, 0.1) is 5.92 Å². The van der Waals surface area contributed by atoms with Crippen molar-refractivity contribution < 1.29 is 0 Å². The highest BCUT2D eigenvalue weighted by molar-refractivity contribution is 6.33. The number of rotatable bonds is 6. The standard InChI is InChI=1S/C16H24Cl2N2/c1-14(6-8-17)7-9-19-10-12-20(13-11-19)16-5-3-2-4-15(16)18/h2-5,14H,6-13H2,1H3. The van der Waals surface area contributed by atoms with Gasteiger partial charge in [-0.3, -0.25) is 4.90 Å². The van der Waals surface area contributed by atoms with Crippen LogP contribution in [0.15, 0.2) is 24.3 Å². The Morgan fingerprint density at radius 1 is 1.10 bits per heavy atom. The van der Waals surface area contributed by atoms with E-state index in [-0.39, 0.29) is 0 Å². The van der Waals surface area contributed by atoms with Gasteiger partial charge in [0.15, 0.2) is 0 Å². The van der Waals surface area contributed by atoms with E-state index in [4.69, 9.17) is 23.2 Å². The van der Waals surface area contributed by atoms with Crippen molar-refractivity contribution in [3.63, 3.8) is 0 Å². The average Bonchev–Trinajstić information content (AvgIpc) is 2.47. The molecule has 0 aromatic heterocycles. The molecule has 0 bridgehead atoms. The van der Waals surface area contributed by atoms with Gasteiger partial charge in [0.25, 0.3) is 0 Å². The molecule has 1 fully saturated rings. The summed E-state index contributed by atoms with van der Waals surface area (Å²) >= 11 is 12.1. The molecule has 20 heavy (non-hydrogen) atoms. The van der Waals surface area contributed by atoms with E-state index in [1.807, 2.05) is 12.1 Å². The lowest BCUT2D eigenvalue weighted by Gasteiger charge is -2.36. The highest BCUT2D eigenvalue weighted by Crippen LogP contribution is 2.26. The average molecular weight is 315 g/mol. The largest absolute Gasteiger partial charge is 0.368 e. The summed E-state index contributed by atoms with van der Waals surface area (Å²) in [5.74, 6) is 1.51. The van der Waals surface area contributed by atoms with E-state index in [2.05, 4.69) is 28.9 Å². The Bertz CT molecular complexity index is 403. The Morgan fingerprint density at radius 3 is 2.45 bits per heavy atom. The Hall–Kier alpha value is -0.440. The first-order chi connectivity index (χ1) is 9.70. The zero-order valence-corrected chi connectivity index (χ0v) is 13.7. The van der Waals surface area contributed by atoms with E-state index in [1.54, 1.807) is 0 Å². The predicted octanol–water partition coefficient (Wildman–Crippen LogP) is 4.12. The summed E-state index contributed by atoms with van der Waals surface area (Å²) in [6.07, 6.45) is 2.37. The third-order valence-corrected chi connectivity index (χ3v) is 4.64. The van der Waals surface area contributed by atoms with E-state index < -0.39 is 0 Å². The summed E-state index contributed by atoms with van der Waals surface area (Å²) in [6.45, 7) is 7.86. The number of halogens is 2. The molecule has 0 aliphatic carbocycles. The first kappa shape index (κ1) is 15.9. The van der Waals surface area contributed by atoms with Gasteiger partial charge >= 0.3 is 0 Å². The molecule has 0 spiro atoms. The molecule has 4 heteroatoms. The van der Waals surface area contributed by atoms with Crippen LogP contribution >= 0.6 is 23.2 Å². The van der Waals surface area contributed by atoms with Crippen molar-refractivity contribution in [2.24, 2.45) is 5.92 Å². The molecule has 1 aliphatic rings. The summed E-state index contributed by atoms with van der Waals surface area (Å²) in [5, 5.41) is 0.858.